The largest absolute Gasteiger partial charge is 0.507 e. The minimum Gasteiger partial charge on any atom is -0.507 e. The molecule has 0 saturated carbocycles. The van der Waals surface area contributed by atoms with Crippen molar-refractivity contribution in [2.45, 2.75) is 39.5 Å². The Morgan fingerprint density at radius 2 is 1.77 bits per heavy atom. The summed E-state index contributed by atoms with van der Waals surface area (Å²) in [4.78, 5) is 32.4. The first-order valence-electron chi connectivity index (χ1n) is 14.2. The Labute approximate surface area is 251 Å². The van der Waals surface area contributed by atoms with Crippen LogP contribution < -0.4 is 14.2 Å². The molecular formula is C34H35N3O6. The topological polar surface area (TPSA) is 103 Å². The van der Waals surface area contributed by atoms with Gasteiger partial charge in [0.15, 0.2) is 11.5 Å². The van der Waals surface area contributed by atoms with Crippen LogP contribution in [-0.4, -0.2) is 51.5 Å². The van der Waals surface area contributed by atoms with Crippen molar-refractivity contribution < 1.29 is 28.9 Å². The monoisotopic (exact) mass is 581 g/mol. The number of imidazole rings is 1. The Hall–Kier alpha value is -5.05. The molecule has 222 valence electrons. The molecule has 9 nitrogen and oxygen atoms in total. The highest BCUT2D eigenvalue weighted by Gasteiger charge is 2.46. The van der Waals surface area contributed by atoms with Gasteiger partial charge in [0.1, 0.15) is 18.1 Å². The number of ketones is 1. The molecule has 0 radical (unpaired) electrons. The summed E-state index contributed by atoms with van der Waals surface area (Å²) in [5, 5.41) is 11.5. The molecular weight excluding hydrogens is 546 g/mol. The third-order valence-electron chi connectivity index (χ3n) is 7.50. The average molecular weight is 582 g/mol. The van der Waals surface area contributed by atoms with Gasteiger partial charge in [0.25, 0.3) is 11.7 Å². The maximum absolute atomic E-state index is 13.5. The van der Waals surface area contributed by atoms with Crippen LogP contribution in [0.3, 0.4) is 0 Å². The maximum Gasteiger partial charge on any atom is 0.295 e. The summed E-state index contributed by atoms with van der Waals surface area (Å²) in [6.45, 7) is 5.68. The van der Waals surface area contributed by atoms with Crippen molar-refractivity contribution in [3.63, 3.8) is 0 Å². The molecule has 1 amide bonds. The number of aromatic nitrogens is 2. The van der Waals surface area contributed by atoms with E-state index in [1.165, 1.54) is 12.0 Å². The second-order valence-electron chi connectivity index (χ2n) is 10.2. The Balaban J connectivity index is 1.46. The summed E-state index contributed by atoms with van der Waals surface area (Å²) in [5.41, 5.74) is 3.27. The molecule has 1 fully saturated rings. The van der Waals surface area contributed by atoms with Crippen molar-refractivity contribution in [2.24, 2.45) is 0 Å². The fourth-order valence-corrected chi connectivity index (χ4v) is 5.23. The third kappa shape index (κ3) is 6.40. The molecule has 9 heteroatoms. The molecule has 0 bridgehead atoms. The number of hydrogen-bond acceptors (Lipinski definition) is 7. The van der Waals surface area contributed by atoms with E-state index in [1.807, 2.05) is 48.9 Å². The normalized spacial score (nSPS) is 16.0. The first-order valence-corrected chi connectivity index (χ1v) is 14.2. The minimum atomic E-state index is -0.815. The summed E-state index contributed by atoms with van der Waals surface area (Å²) in [6.07, 6.45) is 5.83. The lowest BCUT2D eigenvalue weighted by Crippen LogP contribution is -2.31. The van der Waals surface area contributed by atoms with Gasteiger partial charge in [0.2, 0.25) is 0 Å². The molecule has 1 aliphatic heterocycles. The Bertz CT molecular complexity index is 1610. The van der Waals surface area contributed by atoms with Crippen molar-refractivity contribution in [2.75, 3.05) is 20.3 Å². The number of aliphatic hydroxyl groups excluding tert-OH is 1. The molecule has 1 saturated heterocycles. The predicted molar refractivity (Wildman–Crippen MR) is 162 cm³/mol. The molecule has 1 N–H and O–H groups in total. The van der Waals surface area contributed by atoms with Crippen LogP contribution in [0, 0.1) is 6.92 Å². The molecule has 2 heterocycles. The standard InChI is InChI=1S/C34H35N3O6/c1-4-42-28-15-12-25(20-29(28)41-3)31-30(33(39)34(40)37(31)18-7-17-36-19-16-35-22-36)32(38)24-10-13-27(14-11-24)43-21-26-9-6-5-8-23(26)2/h5-6,8-16,19-20,22,31,38H,4,7,17-18,21H2,1-3H3. The fourth-order valence-electron chi connectivity index (χ4n) is 5.23. The molecule has 1 unspecified atom stereocenters. The van der Waals surface area contributed by atoms with Crippen LogP contribution in [0.25, 0.3) is 5.76 Å². The van der Waals surface area contributed by atoms with E-state index in [-0.39, 0.29) is 11.3 Å². The smallest absolute Gasteiger partial charge is 0.295 e. The van der Waals surface area contributed by atoms with Gasteiger partial charge in [0, 0.05) is 31.0 Å². The predicted octanol–water partition coefficient (Wildman–Crippen LogP) is 5.69. The summed E-state index contributed by atoms with van der Waals surface area (Å²) in [7, 11) is 1.53. The number of Topliss-reactive ketones (excluding diaryl/α,β-unsaturated/α-hetero) is 1. The highest BCUT2D eigenvalue weighted by molar-refractivity contribution is 6.46. The molecule has 1 atom stereocenters. The highest BCUT2D eigenvalue weighted by atomic mass is 16.5. The number of aliphatic hydroxyl groups is 1. The Morgan fingerprint density at radius 3 is 2.47 bits per heavy atom. The lowest BCUT2D eigenvalue weighted by Gasteiger charge is -2.26. The van der Waals surface area contributed by atoms with Crippen molar-refractivity contribution in [3.05, 3.63) is 113 Å². The first-order chi connectivity index (χ1) is 20.9. The van der Waals surface area contributed by atoms with E-state index < -0.39 is 17.7 Å². The van der Waals surface area contributed by atoms with Crippen LogP contribution >= 0.6 is 0 Å². The number of rotatable bonds is 12. The lowest BCUT2D eigenvalue weighted by atomic mass is 9.95. The van der Waals surface area contributed by atoms with E-state index in [9.17, 15) is 14.7 Å². The van der Waals surface area contributed by atoms with E-state index in [0.717, 1.165) is 11.1 Å². The van der Waals surface area contributed by atoms with Crippen LogP contribution in [0.4, 0.5) is 0 Å². The van der Waals surface area contributed by atoms with Gasteiger partial charge < -0.3 is 28.8 Å². The van der Waals surface area contributed by atoms with Crippen molar-refractivity contribution in [1.29, 1.82) is 0 Å². The summed E-state index contributed by atoms with van der Waals surface area (Å²) in [5.74, 6) is -0.0157. The van der Waals surface area contributed by atoms with E-state index in [2.05, 4.69) is 4.98 Å². The summed E-state index contributed by atoms with van der Waals surface area (Å²) in [6, 6.07) is 19.3. The molecule has 1 aliphatic rings. The van der Waals surface area contributed by atoms with E-state index >= 15 is 0 Å². The van der Waals surface area contributed by atoms with Crippen molar-refractivity contribution >= 4 is 17.4 Å². The number of carbonyl (C=O) groups is 2. The number of hydrogen-bond donors (Lipinski definition) is 1. The van der Waals surface area contributed by atoms with E-state index in [0.29, 0.717) is 61.1 Å². The zero-order valence-electron chi connectivity index (χ0n) is 24.5. The van der Waals surface area contributed by atoms with Crippen LogP contribution in [-0.2, 0) is 22.7 Å². The van der Waals surface area contributed by atoms with Gasteiger partial charge in [-0.1, -0.05) is 30.3 Å². The van der Waals surface area contributed by atoms with E-state index in [1.54, 1.807) is 55.0 Å². The molecule has 3 aromatic carbocycles. The number of amides is 1. The number of methoxy groups -OCH3 is 1. The molecule has 43 heavy (non-hydrogen) atoms. The highest BCUT2D eigenvalue weighted by Crippen LogP contribution is 2.42. The quantitative estimate of drug-likeness (QED) is 0.130. The van der Waals surface area contributed by atoms with Crippen LogP contribution in [0.2, 0.25) is 0 Å². The average Bonchev–Trinajstić information content (AvgIpc) is 3.63. The summed E-state index contributed by atoms with van der Waals surface area (Å²) < 4.78 is 19.1. The zero-order valence-corrected chi connectivity index (χ0v) is 24.5. The van der Waals surface area contributed by atoms with Gasteiger partial charge >= 0.3 is 0 Å². The number of nitrogens with zero attached hydrogens (tertiary/aromatic N) is 3. The van der Waals surface area contributed by atoms with Crippen LogP contribution in [0.5, 0.6) is 17.2 Å². The number of aryl methyl sites for hydroxylation is 2. The van der Waals surface area contributed by atoms with Crippen LogP contribution in [0.1, 0.15) is 41.6 Å². The van der Waals surface area contributed by atoms with Gasteiger partial charge in [-0.3, -0.25) is 9.59 Å². The Kier molecular flexibility index (Phi) is 9.10. The minimum absolute atomic E-state index is 0.0208. The second kappa shape index (κ2) is 13.3. The van der Waals surface area contributed by atoms with Crippen LogP contribution in [0.15, 0.2) is 91.0 Å². The molecule has 1 aromatic heterocycles. The lowest BCUT2D eigenvalue weighted by molar-refractivity contribution is -0.139. The second-order valence-corrected chi connectivity index (χ2v) is 10.2. The summed E-state index contributed by atoms with van der Waals surface area (Å²) >= 11 is 0. The molecule has 4 aromatic rings. The fraction of sp³-hybridized carbons (Fsp3) is 0.265. The number of likely N-dealkylation sites (tertiary alicyclic amines) is 1. The van der Waals surface area contributed by atoms with Crippen molar-refractivity contribution in [1.82, 2.24) is 14.5 Å². The zero-order chi connectivity index (χ0) is 30.3. The van der Waals surface area contributed by atoms with Gasteiger partial charge in [-0.25, -0.2) is 4.98 Å². The van der Waals surface area contributed by atoms with Gasteiger partial charge in [-0.15, -0.1) is 0 Å². The van der Waals surface area contributed by atoms with Gasteiger partial charge in [0.05, 0.1) is 31.7 Å². The number of benzene rings is 3. The Morgan fingerprint density at radius 1 is 0.977 bits per heavy atom. The van der Waals surface area contributed by atoms with Gasteiger partial charge in [-0.2, -0.15) is 0 Å². The van der Waals surface area contributed by atoms with Gasteiger partial charge in [-0.05, 0) is 73.4 Å². The van der Waals surface area contributed by atoms with Crippen molar-refractivity contribution in [3.8, 4) is 17.2 Å². The number of ether oxygens (including phenoxy) is 3. The third-order valence-corrected chi connectivity index (χ3v) is 7.50. The number of carbonyl (C=O) groups excluding carboxylic acids is 2. The molecule has 5 rings (SSSR count). The maximum atomic E-state index is 13.5. The SMILES string of the molecule is CCOc1ccc(C2C(=C(O)c3ccc(OCc4ccccc4C)cc3)C(=O)C(=O)N2CCCn2ccnc2)cc1OC. The molecule has 0 spiro atoms. The van der Waals surface area contributed by atoms with E-state index in [4.69, 9.17) is 14.2 Å². The molecule has 0 aliphatic carbocycles. The first kappa shape index (κ1) is 29.4.